The summed E-state index contributed by atoms with van der Waals surface area (Å²) in [5.74, 6) is 2.12. The first-order valence-corrected chi connectivity index (χ1v) is 11.9. The lowest BCUT2D eigenvalue weighted by atomic mass is 9.72. The Labute approximate surface area is 174 Å². The van der Waals surface area contributed by atoms with Gasteiger partial charge in [-0.2, -0.15) is 0 Å². The highest BCUT2D eigenvalue weighted by Gasteiger charge is 2.39. The summed E-state index contributed by atoms with van der Waals surface area (Å²) in [5.41, 5.74) is 2.74. The van der Waals surface area contributed by atoms with E-state index in [1.165, 1.54) is 43.5 Å². The number of rotatable bonds is 2. The van der Waals surface area contributed by atoms with E-state index in [4.69, 9.17) is 0 Å². The Bertz CT molecular complexity index is 1150. The average Bonchev–Trinajstić information content (AvgIpc) is 3.35. The predicted molar refractivity (Wildman–Crippen MR) is 123 cm³/mol. The van der Waals surface area contributed by atoms with E-state index < -0.39 is 0 Å². The summed E-state index contributed by atoms with van der Waals surface area (Å²) in [5, 5.41) is 2.21. The summed E-state index contributed by atoms with van der Waals surface area (Å²) in [4.78, 5) is 2.90. The van der Waals surface area contributed by atoms with Crippen molar-refractivity contribution in [3.05, 3.63) is 88.1 Å². The normalized spacial score (nSPS) is 27.6. The van der Waals surface area contributed by atoms with Crippen LogP contribution >= 0.6 is 23.1 Å². The van der Waals surface area contributed by atoms with E-state index in [-0.39, 0.29) is 0 Å². The highest BCUT2D eigenvalue weighted by Crippen LogP contribution is 2.52. The van der Waals surface area contributed by atoms with Crippen molar-refractivity contribution in [3.8, 4) is 10.4 Å². The van der Waals surface area contributed by atoms with Crippen LogP contribution in [-0.4, -0.2) is 5.25 Å². The van der Waals surface area contributed by atoms with Crippen molar-refractivity contribution in [2.75, 3.05) is 0 Å². The van der Waals surface area contributed by atoms with E-state index in [0.29, 0.717) is 11.8 Å². The maximum atomic E-state index is 2.59. The van der Waals surface area contributed by atoms with Crippen LogP contribution in [0.5, 0.6) is 0 Å². The highest BCUT2D eigenvalue weighted by atomic mass is 32.2. The molecule has 0 bridgehead atoms. The Morgan fingerprint density at radius 3 is 2.18 bits per heavy atom. The number of benzene rings is 2. The second-order valence-electron chi connectivity index (χ2n) is 8.15. The number of hydrogen-bond donors (Lipinski definition) is 0. The van der Waals surface area contributed by atoms with Crippen LogP contribution in [0.2, 0.25) is 0 Å². The van der Waals surface area contributed by atoms with Gasteiger partial charge in [0.05, 0.1) is 0 Å². The Kier molecular flexibility index (Phi) is 4.09. The minimum Gasteiger partial charge on any atom is -0.136 e. The number of hydrogen-bond acceptors (Lipinski definition) is 2. The maximum absolute atomic E-state index is 2.59. The highest BCUT2D eigenvalue weighted by molar-refractivity contribution is 8.09. The van der Waals surface area contributed by atoms with Crippen LogP contribution in [0.25, 0.3) is 27.5 Å². The minimum atomic E-state index is 0.697. The van der Waals surface area contributed by atoms with Gasteiger partial charge in [0, 0.05) is 19.6 Å². The van der Waals surface area contributed by atoms with E-state index in [1.807, 2.05) is 11.3 Å². The number of fused-ring (bicyclic) bond motifs is 3. The first kappa shape index (κ1) is 16.9. The van der Waals surface area contributed by atoms with Gasteiger partial charge in [0.15, 0.2) is 0 Å². The van der Waals surface area contributed by atoms with E-state index in [2.05, 4.69) is 96.7 Å². The molecule has 0 spiro atoms. The summed E-state index contributed by atoms with van der Waals surface area (Å²) < 4.78 is 1.48. The molecule has 6 rings (SSSR count). The molecule has 0 N–H and O–H groups in total. The molecule has 2 heteroatoms. The van der Waals surface area contributed by atoms with Gasteiger partial charge in [0.1, 0.15) is 0 Å². The molecule has 138 valence electrons. The van der Waals surface area contributed by atoms with E-state index in [9.17, 15) is 0 Å². The zero-order chi connectivity index (χ0) is 18.5. The molecule has 3 aromatic rings. The zero-order valence-electron chi connectivity index (χ0n) is 15.6. The Morgan fingerprint density at radius 1 is 0.679 bits per heavy atom. The fourth-order valence-electron chi connectivity index (χ4n) is 4.97. The van der Waals surface area contributed by atoms with Gasteiger partial charge in [-0.25, -0.2) is 0 Å². The van der Waals surface area contributed by atoms with Crippen molar-refractivity contribution < 1.29 is 0 Å². The van der Waals surface area contributed by atoms with Gasteiger partial charge in [-0.1, -0.05) is 78.9 Å². The molecule has 1 aliphatic heterocycles. The van der Waals surface area contributed by atoms with Crippen LogP contribution in [0, 0.1) is 17.8 Å². The Balaban J connectivity index is 1.31. The van der Waals surface area contributed by atoms with E-state index >= 15 is 0 Å². The van der Waals surface area contributed by atoms with Crippen molar-refractivity contribution in [1.82, 2.24) is 0 Å². The van der Waals surface area contributed by atoms with Gasteiger partial charge in [-0.05, 0) is 53.0 Å². The second-order valence-corrected chi connectivity index (χ2v) is 10.5. The molecule has 3 aliphatic rings. The topological polar surface area (TPSA) is 0 Å². The summed E-state index contributed by atoms with van der Waals surface area (Å²) in [6.07, 6.45) is 10.3. The van der Waals surface area contributed by atoms with Crippen molar-refractivity contribution in [1.29, 1.82) is 0 Å². The second kappa shape index (κ2) is 6.79. The smallest absolute Gasteiger partial charge is 0.0355 e. The molecule has 0 radical (unpaired) electrons. The Morgan fingerprint density at radius 2 is 1.39 bits per heavy atom. The lowest BCUT2D eigenvalue weighted by Crippen LogP contribution is -2.36. The van der Waals surface area contributed by atoms with E-state index in [0.717, 1.165) is 11.2 Å². The molecule has 4 unspecified atom stereocenters. The third kappa shape index (κ3) is 2.91. The molecule has 1 aromatic heterocycles. The molecular weight excluding hydrogens is 376 g/mol. The average molecular weight is 399 g/mol. The molecule has 2 aromatic carbocycles. The lowest BCUT2D eigenvalue weighted by molar-refractivity contribution is 0.324. The monoisotopic (exact) mass is 398 g/mol. The third-order valence-electron chi connectivity index (χ3n) is 6.39. The summed E-state index contributed by atoms with van der Waals surface area (Å²) in [6.45, 7) is 0. The quantitative estimate of drug-likeness (QED) is 0.527. The molecule has 1 saturated carbocycles. The first-order chi connectivity index (χ1) is 13.8. The molecule has 28 heavy (non-hydrogen) atoms. The van der Waals surface area contributed by atoms with Gasteiger partial charge in [0.2, 0.25) is 0 Å². The summed E-state index contributed by atoms with van der Waals surface area (Å²) >= 11 is 4.08. The number of thiophene rings is 1. The minimum absolute atomic E-state index is 0.697. The third-order valence-corrected chi connectivity index (χ3v) is 9.02. The van der Waals surface area contributed by atoms with Crippen molar-refractivity contribution in [2.45, 2.75) is 18.1 Å². The van der Waals surface area contributed by atoms with Crippen LogP contribution in [0.1, 0.15) is 18.4 Å². The zero-order valence-corrected chi connectivity index (χ0v) is 17.3. The SMILES string of the molecule is C1=C(c2ccccc2)SC2CC3C=c4cc(-c5ccccc5)sc4=CC3CC12. The molecule has 0 saturated heterocycles. The molecule has 0 amide bonds. The lowest BCUT2D eigenvalue weighted by Gasteiger charge is -2.36. The van der Waals surface area contributed by atoms with E-state index in [1.54, 1.807) is 0 Å². The van der Waals surface area contributed by atoms with Crippen molar-refractivity contribution in [3.63, 3.8) is 0 Å². The standard InChI is InChI=1S/C26H22S2/c1-3-7-17(8-4-1)23-15-21-11-19-14-26-22(12-20(19)13-25(21)27-23)16-24(28-26)18-9-5-2-6-10-18/h1-11,13,15-16,19-20,22,26H,12,14H2. The largest absolute Gasteiger partial charge is 0.136 e. The molecule has 0 nitrogen and oxygen atoms in total. The fourth-order valence-corrected chi connectivity index (χ4v) is 7.66. The van der Waals surface area contributed by atoms with Crippen LogP contribution in [0.3, 0.4) is 0 Å². The van der Waals surface area contributed by atoms with Gasteiger partial charge in [-0.3, -0.25) is 0 Å². The van der Waals surface area contributed by atoms with Crippen LogP contribution < -0.4 is 9.75 Å². The number of thioether (sulfide) groups is 1. The Hall–Kier alpha value is -2.03. The molecule has 2 aliphatic carbocycles. The van der Waals surface area contributed by atoms with Crippen molar-refractivity contribution >= 4 is 40.2 Å². The van der Waals surface area contributed by atoms with Crippen LogP contribution in [-0.2, 0) is 0 Å². The summed E-state index contributed by atoms with van der Waals surface area (Å²) in [7, 11) is 0. The molecular formula is C26H22S2. The first-order valence-electron chi connectivity index (χ1n) is 10.2. The molecule has 1 fully saturated rings. The summed E-state index contributed by atoms with van der Waals surface area (Å²) in [6, 6.07) is 24.1. The predicted octanol–water partition coefficient (Wildman–Crippen LogP) is 5.79. The maximum Gasteiger partial charge on any atom is 0.0355 e. The van der Waals surface area contributed by atoms with Crippen molar-refractivity contribution in [2.24, 2.45) is 17.8 Å². The number of allylic oxidation sites excluding steroid dienone is 1. The van der Waals surface area contributed by atoms with Crippen LogP contribution in [0.4, 0.5) is 0 Å². The molecule has 4 atom stereocenters. The van der Waals surface area contributed by atoms with Gasteiger partial charge in [-0.15, -0.1) is 23.1 Å². The van der Waals surface area contributed by atoms with Gasteiger partial charge in [0.25, 0.3) is 0 Å². The van der Waals surface area contributed by atoms with Gasteiger partial charge < -0.3 is 0 Å². The molecule has 2 heterocycles. The fraction of sp³-hybridized carbons (Fsp3) is 0.231. The van der Waals surface area contributed by atoms with Crippen LogP contribution in [0.15, 0.2) is 72.8 Å². The van der Waals surface area contributed by atoms with Gasteiger partial charge >= 0.3 is 0 Å².